The zero-order valence-corrected chi connectivity index (χ0v) is 15.2. The highest BCUT2D eigenvalue weighted by Crippen LogP contribution is 2.30. The molecule has 0 bridgehead atoms. The Morgan fingerprint density at radius 1 is 1.37 bits per heavy atom. The van der Waals surface area contributed by atoms with Crippen LogP contribution in [-0.2, 0) is 22.6 Å². The highest BCUT2D eigenvalue weighted by molar-refractivity contribution is 5.94. The number of pyridine rings is 1. The van der Waals surface area contributed by atoms with Crippen LogP contribution in [0.2, 0.25) is 0 Å². The number of aromatic nitrogens is 1. The summed E-state index contributed by atoms with van der Waals surface area (Å²) in [4.78, 5) is 17.8. The minimum atomic E-state index is -0.636. The molecular weight excluding hydrogens is 347 g/mol. The highest BCUT2D eigenvalue weighted by atomic mass is 19.1. The number of benzene rings is 1. The second kappa shape index (κ2) is 8.16. The van der Waals surface area contributed by atoms with Crippen LogP contribution in [0.25, 0.3) is 0 Å². The van der Waals surface area contributed by atoms with E-state index in [4.69, 9.17) is 15.9 Å². The van der Waals surface area contributed by atoms with Crippen LogP contribution in [0, 0.1) is 24.1 Å². The number of halogens is 1. The molecular formula is C20H23FN4O2. The molecule has 1 aliphatic heterocycles. The third-order valence-corrected chi connectivity index (χ3v) is 4.58. The molecule has 1 aromatic carbocycles. The van der Waals surface area contributed by atoms with Crippen molar-refractivity contribution in [3.63, 3.8) is 0 Å². The van der Waals surface area contributed by atoms with Crippen LogP contribution in [0.3, 0.4) is 0 Å². The molecule has 3 N–H and O–H groups in total. The van der Waals surface area contributed by atoms with Gasteiger partial charge in [0, 0.05) is 30.5 Å². The van der Waals surface area contributed by atoms with Gasteiger partial charge < -0.3 is 15.4 Å². The Labute approximate surface area is 157 Å². The summed E-state index contributed by atoms with van der Waals surface area (Å²) in [7, 11) is 0. The predicted octanol–water partition coefficient (Wildman–Crippen LogP) is 2.58. The quantitative estimate of drug-likeness (QED) is 0.444. The van der Waals surface area contributed by atoms with Crippen molar-refractivity contribution in [1.29, 1.82) is 5.41 Å². The van der Waals surface area contributed by atoms with E-state index in [1.807, 2.05) is 24.1 Å². The summed E-state index contributed by atoms with van der Waals surface area (Å²) in [5.74, 6) is -0.817. The molecule has 0 atom stereocenters. The normalized spacial score (nSPS) is 13.9. The van der Waals surface area contributed by atoms with Crippen molar-refractivity contribution in [2.75, 3.05) is 18.0 Å². The fourth-order valence-electron chi connectivity index (χ4n) is 3.13. The molecule has 0 unspecified atom stereocenters. The van der Waals surface area contributed by atoms with E-state index in [9.17, 15) is 9.18 Å². The van der Waals surface area contributed by atoms with Crippen LogP contribution in [0.1, 0.15) is 23.2 Å². The summed E-state index contributed by atoms with van der Waals surface area (Å²) in [5, 5.41) is 7.08. The molecule has 0 radical (unpaired) electrons. The summed E-state index contributed by atoms with van der Waals surface area (Å²) in [6.07, 6.45) is 2.53. The Hall–Kier alpha value is -2.96. The minimum absolute atomic E-state index is 0.169. The first-order valence-corrected chi connectivity index (χ1v) is 8.84. The van der Waals surface area contributed by atoms with E-state index in [2.05, 4.69) is 11.1 Å². The molecule has 2 aromatic rings. The maximum Gasteiger partial charge on any atom is 0.313 e. The van der Waals surface area contributed by atoms with Gasteiger partial charge in [-0.15, -0.1) is 0 Å². The van der Waals surface area contributed by atoms with Crippen molar-refractivity contribution in [2.45, 2.75) is 26.4 Å². The van der Waals surface area contributed by atoms with Gasteiger partial charge >= 0.3 is 5.97 Å². The zero-order chi connectivity index (χ0) is 19.4. The molecule has 0 spiro atoms. The number of nitrogens with one attached hydrogen (secondary N) is 1. The lowest BCUT2D eigenvalue weighted by Gasteiger charge is -2.41. The number of amidine groups is 1. The second-order valence-corrected chi connectivity index (χ2v) is 6.90. The molecule has 7 heteroatoms. The predicted molar refractivity (Wildman–Crippen MR) is 101 cm³/mol. The van der Waals surface area contributed by atoms with E-state index >= 15 is 0 Å². The number of hydrogen-bond acceptors (Lipinski definition) is 5. The van der Waals surface area contributed by atoms with E-state index in [1.54, 1.807) is 18.2 Å². The van der Waals surface area contributed by atoms with Gasteiger partial charge in [-0.3, -0.25) is 15.2 Å². The van der Waals surface area contributed by atoms with Gasteiger partial charge in [-0.05, 0) is 37.0 Å². The van der Waals surface area contributed by atoms with Crippen molar-refractivity contribution in [2.24, 2.45) is 11.7 Å². The average molecular weight is 370 g/mol. The van der Waals surface area contributed by atoms with Crippen molar-refractivity contribution in [3.8, 4) is 0 Å². The Bertz CT molecular complexity index is 832. The largest absolute Gasteiger partial charge is 0.460 e. The van der Waals surface area contributed by atoms with E-state index in [1.165, 1.54) is 5.56 Å². The fourth-order valence-corrected chi connectivity index (χ4v) is 3.13. The molecule has 1 fully saturated rings. The first-order chi connectivity index (χ1) is 12.9. The number of anilines is 1. The van der Waals surface area contributed by atoms with Gasteiger partial charge in [0.1, 0.15) is 18.9 Å². The monoisotopic (exact) mass is 370 g/mol. The number of aryl methyl sites for hydroxylation is 1. The number of rotatable bonds is 7. The molecule has 0 saturated carbocycles. The topological polar surface area (TPSA) is 92.3 Å². The van der Waals surface area contributed by atoms with Gasteiger partial charge in [0.15, 0.2) is 5.82 Å². The number of esters is 1. The fraction of sp³-hybridized carbons (Fsp3) is 0.350. The Morgan fingerprint density at radius 3 is 2.81 bits per heavy atom. The molecule has 0 aliphatic carbocycles. The van der Waals surface area contributed by atoms with Crippen LogP contribution in [-0.4, -0.2) is 29.9 Å². The van der Waals surface area contributed by atoms with Gasteiger partial charge in [0.2, 0.25) is 0 Å². The number of carbonyl (C=O) groups is 1. The van der Waals surface area contributed by atoms with Crippen LogP contribution < -0.4 is 10.6 Å². The summed E-state index contributed by atoms with van der Waals surface area (Å²) in [5.41, 5.74) is 8.18. The van der Waals surface area contributed by atoms with Gasteiger partial charge in [-0.1, -0.05) is 18.2 Å². The van der Waals surface area contributed by atoms with Gasteiger partial charge in [-0.25, -0.2) is 4.39 Å². The minimum Gasteiger partial charge on any atom is -0.460 e. The maximum absolute atomic E-state index is 14.7. The molecule has 1 aromatic heterocycles. The van der Waals surface area contributed by atoms with Crippen molar-refractivity contribution < 1.29 is 13.9 Å². The first-order valence-electron chi connectivity index (χ1n) is 8.84. The summed E-state index contributed by atoms with van der Waals surface area (Å²) < 4.78 is 19.7. The van der Waals surface area contributed by atoms with Crippen molar-refractivity contribution >= 4 is 17.5 Å². The molecule has 1 saturated heterocycles. The molecule has 1 aliphatic rings. The van der Waals surface area contributed by atoms with Gasteiger partial charge in [0.25, 0.3) is 0 Å². The summed E-state index contributed by atoms with van der Waals surface area (Å²) >= 11 is 0. The molecule has 27 heavy (non-hydrogen) atoms. The van der Waals surface area contributed by atoms with Crippen LogP contribution in [0.15, 0.2) is 36.5 Å². The third-order valence-electron chi connectivity index (χ3n) is 4.58. The maximum atomic E-state index is 14.7. The lowest BCUT2D eigenvalue weighted by molar-refractivity contribution is -0.143. The van der Waals surface area contributed by atoms with E-state index < -0.39 is 5.97 Å². The number of hydrogen-bond donors (Lipinski definition) is 2. The van der Waals surface area contributed by atoms with Crippen LogP contribution in [0.5, 0.6) is 0 Å². The second-order valence-electron chi connectivity index (χ2n) is 6.90. The molecule has 3 rings (SSSR count). The molecule has 2 heterocycles. The smallest absolute Gasteiger partial charge is 0.313 e. The summed E-state index contributed by atoms with van der Waals surface area (Å²) in [6.45, 7) is 3.34. The average Bonchev–Trinajstić information content (AvgIpc) is 2.58. The highest BCUT2D eigenvalue weighted by Gasteiger charge is 2.29. The number of carbonyl (C=O) groups excluding carboxylic acids is 1. The lowest BCUT2D eigenvalue weighted by Crippen LogP contribution is -2.48. The zero-order valence-electron chi connectivity index (χ0n) is 15.2. The van der Waals surface area contributed by atoms with Crippen LogP contribution in [0.4, 0.5) is 10.1 Å². The van der Waals surface area contributed by atoms with Gasteiger partial charge in [0.05, 0.1) is 5.69 Å². The van der Waals surface area contributed by atoms with Gasteiger partial charge in [-0.2, -0.15) is 0 Å². The Kier molecular flexibility index (Phi) is 5.69. The Balaban J connectivity index is 1.56. The van der Waals surface area contributed by atoms with E-state index in [0.717, 1.165) is 25.2 Å². The summed E-state index contributed by atoms with van der Waals surface area (Å²) in [6, 6.07) is 9.17. The number of ether oxygens (including phenoxy) is 1. The SMILES string of the molecule is Cc1ccc(CC2CN(c3cccc(COC(=O)CC(=N)N)c3F)C2)cn1. The van der Waals surface area contributed by atoms with Crippen LogP contribution >= 0.6 is 0 Å². The molecule has 0 amide bonds. The number of nitrogens with two attached hydrogens (primary N) is 1. The first kappa shape index (κ1) is 18.8. The third kappa shape index (κ3) is 4.81. The standard InChI is InChI=1S/C20H23FN4O2/c1-13-5-6-14(9-24-13)7-15-10-25(11-15)17-4-2-3-16(20(17)21)12-27-19(26)8-18(22)23/h2-6,9,15H,7-8,10-12H2,1H3,(H3,22,23). The number of nitrogens with zero attached hydrogens (tertiary/aromatic N) is 2. The molecule has 6 nitrogen and oxygen atoms in total. The lowest BCUT2D eigenvalue weighted by atomic mass is 9.92. The van der Waals surface area contributed by atoms with E-state index in [0.29, 0.717) is 17.2 Å². The van der Waals surface area contributed by atoms with E-state index in [-0.39, 0.29) is 24.7 Å². The molecule has 142 valence electrons. The van der Waals surface area contributed by atoms with Crippen molar-refractivity contribution in [3.05, 3.63) is 59.2 Å². The Morgan fingerprint density at radius 2 is 2.15 bits per heavy atom. The van der Waals surface area contributed by atoms with Crippen molar-refractivity contribution in [1.82, 2.24) is 4.98 Å².